The van der Waals surface area contributed by atoms with E-state index in [-0.39, 0.29) is 0 Å². The van der Waals surface area contributed by atoms with Crippen molar-refractivity contribution in [3.8, 4) is 0 Å². The lowest BCUT2D eigenvalue weighted by molar-refractivity contribution is 0.128. The first-order valence-electron chi connectivity index (χ1n) is 8.06. The van der Waals surface area contributed by atoms with Gasteiger partial charge in [0.15, 0.2) is 5.82 Å². The molecule has 1 aliphatic rings. The lowest BCUT2D eigenvalue weighted by Crippen LogP contribution is -2.34. The topological polar surface area (TPSA) is 68.2 Å². The largest absolute Gasteiger partial charge is 0.338 e. The minimum atomic E-state index is 0.295. The van der Waals surface area contributed by atoms with Crippen LogP contribution in [0.25, 0.3) is 0 Å². The molecule has 2 aromatic rings. The third-order valence-corrected chi connectivity index (χ3v) is 4.58. The van der Waals surface area contributed by atoms with E-state index in [1.165, 1.54) is 24.8 Å². The van der Waals surface area contributed by atoms with Crippen molar-refractivity contribution < 1.29 is 4.52 Å². The van der Waals surface area contributed by atoms with Crippen LogP contribution in [-0.2, 0) is 13.1 Å². The van der Waals surface area contributed by atoms with Crippen LogP contribution in [0.3, 0.4) is 0 Å². The van der Waals surface area contributed by atoms with Crippen molar-refractivity contribution in [1.82, 2.24) is 15.0 Å². The van der Waals surface area contributed by atoms with Gasteiger partial charge in [0.1, 0.15) is 0 Å². The van der Waals surface area contributed by atoms with Gasteiger partial charge in [0.25, 0.3) is 0 Å². The Hall–Kier alpha value is -1.72. The zero-order valence-electron chi connectivity index (χ0n) is 13.1. The number of hydrogen-bond donors (Lipinski definition) is 1. The number of nitrogens with two attached hydrogens (primary N) is 1. The molecule has 1 saturated carbocycles. The van der Waals surface area contributed by atoms with E-state index >= 15 is 0 Å². The van der Waals surface area contributed by atoms with E-state index in [0.717, 1.165) is 18.3 Å². The van der Waals surface area contributed by atoms with Crippen molar-refractivity contribution in [2.45, 2.75) is 45.3 Å². The fraction of sp³-hybridized carbons (Fsp3) is 0.529. The molecule has 118 valence electrons. The summed E-state index contributed by atoms with van der Waals surface area (Å²) in [5.41, 5.74) is 6.87. The van der Waals surface area contributed by atoms with E-state index in [2.05, 4.69) is 52.3 Å². The van der Waals surface area contributed by atoms with Crippen LogP contribution in [0.4, 0.5) is 0 Å². The van der Waals surface area contributed by atoms with E-state index in [9.17, 15) is 0 Å². The molecule has 0 aliphatic heterocycles. The number of nitrogens with zero attached hydrogens (tertiary/aromatic N) is 3. The third-order valence-electron chi connectivity index (χ3n) is 4.58. The second-order valence-electron chi connectivity index (χ2n) is 6.12. The lowest BCUT2D eigenvalue weighted by atomic mass is 9.84. The summed E-state index contributed by atoms with van der Waals surface area (Å²) < 4.78 is 5.13. The zero-order chi connectivity index (χ0) is 15.4. The zero-order valence-corrected chi connectivity index (χ0v) is 13.1. The Bertz CT molecular complexity index is 579. The molecule has 0 radical (unpaired) electrons. The van der Waals surface area contributed by atoms with Gasteiger partial charge in [0.05, 0.1) is 13.1 Å². The summed E-state index contributed by atoms with van der Waals surface area (Å²) in [6, 6.07) is 10.9. The molecule has 1 aliphatic carbocycles. The average Bonchev–Trinajstić information content (AvgIpc) is 2.97. The van der Waals surface area contributed by atoms with Crippen molar-refractivity contribution in [1.29, 1.82) is 0 Å². The van der Waals surface area contributed by atoms with Crippen LogP contribution >= 0.6 is 0 Å². The van der Waals surface area contributed by atoms with Crippen LogP contribution in [0.5, 0.6) is 0 Å². The van der Waals surface area contributed by atoms with Gasteiger partial charge in [-0.2, -0.15) is 4.98 Å². The van der Waals surface area contributed by atoms with E-state index in [1.807, 2.05) is 0 Å². The van der Waals surface area contributed by atoms with Gasteiger partial charge in [0, 0.05) is 12.6 Å². The van der Waals surface area contributed by atoms with Crippen LogP contribution in [0, 0.1) is 5.92 Å². The minimum absolute atomic E-state index is 0.295. The summed E-state index contributed by atoms with van der Waals surface area (Å²) in [4.78, 5) is 6.80. The van der Waals surface area contributed by atoms with Crippen molar-refractivity contribution in [3.63, 3.8) is 0 Å². The van der Waals surface area contributed by atoms with Gasteiger partial charge in [-0.25, -0.2) is 0 Å². The first-order chi connectivity index (χ1) is 10.8. The predicted octanol–water partition coefficient (Wildman–Crippen LogP) is 2.89. The van der Waals surface area contributed by atoms with Crippen molar-refractivity contribution >= 4 is 0 Å². The molecule has 1 aromatic heterocycles. The Morgan fingerprint density at radius 2 is 2.09 bits per heavy atom. The van der Waals surface area contributed by atoms with Crippen molar-refractivity contribution in [2.24, 2.45) is 11.7 Å². The maximum atomic E-state index is 5.55. The standard InChI is InChI=1S/C17H24N4O/c1-13(15-8-3-2-4-9-15)21(11-14-6-5-7-14)12-16-19-17(10-18)22-20-16/h2-4,8-9,13-14H,5-7,10-12,18H2,1H3. The smallest absolute Gasteiger partial charge is 0.240 e. The Balaban J connectivity index is 1.73. The lowest BCUT2D eigenvalue weighted by Gasteiger charge is -2.35. The first kappa shape index (κ1) is 15.2. The summed E-state index contributed by atoms with van der Waals surface area (Å²) in [6.07, 6.45) is 4.02. The van der Waals surface area contributed by atoms with Gasteiger partial charge < -0.3 is 10.3 Å². The Morgan fingerprint density at radius 1 is 1.32 bits per heavy atom. The molecule has 1 fully saturated rings. The Kier molecular flexibility index (Phi) is 4.85. The van der Waals surface area contributed by atoms with Crippen LogP contribution in [-0.4, -0.2) is 21.6 Å². The third kappa shape index (κ3) is 3.54. The summed E-state index contributed by atoms with van der Waals surface area (Å²) in [5, 5.41) is 4.05. The second-order valence-corrected chi connectivity index (χ2v) is 6.12. The molecule has 2 N–H and O–H groups in total. The van der Waals surface area contributed by atoms with Crippen molar-refractivity contribution in [3.05, 3.63) is 47.6 Å². The highest BCUT2D eigenvalue weighted by Gasteiger charge is 2.25. The maximum absolute atomic E-state index is 5.55. The highest BCUT2D eigenvalue weighted by molar-refractivity contribution is 5.18. The molecular weight excluding hydrogens is 276 g/mol. The molecule has 5 heteroatoms. The molecule has 1 atom stereocenters. The number of aromatic nitrogens is 2. The van der Waals surface area contributed by atoms with E-state index in [0.29, 0.717) is 25.0 Å². The monoisotopic (exact) mass is 300 g/mol. The summed E-state index contributed by atoms with van der Waals surface area (Å²) in [6.45, 7) is 4.33. The fourth-order valence-corrected chi connectivity index (χ4v) is 2.93. The minimum Gasteiger partial charge on any atom is -0.338 e. The van der Waals surface area contributed by atoms with Crippen molar-refractivity contribution in [2.75, 3.05) is 6.54 Å². The number of benzene rings is 1. The molecule has 0 amide bonds. The van der Waals surface area contributed by atoms with Gasteiger partial charge in [-0.05, 0) is 31.2 Å². The number of rotatable bonds is 7. The summed E-state index contributed by atoms with van der Waals surface area (Å²) in [7, 11) is 0. The maximum Gasteiger partial charge on any atom is 0.240 e. The van der Waals surface area contributed by atoms with E-state index in [4.69, 9.17) is 10.3 Å². The average molecular weight is 300 g/mol. The second kappa shape index (κ2) is 7.03. The molecule has 1 heterocycles. The van der Waals surface area contributed by atoms with Gasteiger partial charge in [-0.1, -0.05) is 41.9 Å². The van der Waals surface area contributed by atoms with Crippen LogP contribution in [0.15, 0.2) is 34.9 Å². The molecule has 22 heavy (non-hydrogen) atoms. The molecular formula is C17H24N4O. The predicted molar refractivity (Wildman–Crippen MR) is 84.8 cm³/mol. The molecule has 5 nitrogen and oxygen atoms in total. The highest BCUT2D eigenvalue weighted by atomic mass is 16.5. The van der Waals surface area contributed by atoms with Gasteiger partial charge in [0.2, 0.25) is 5.89 Å². The highest BCUT2D eigenvalue weighted by Crippen LogP contribution is 2.31. The first-order valence-corrected chi connectivity index (χ1v) is 8.06. The molecule has 1 unspecified atom stereocenters. The van der Waals surface area contributed by atoms with Crippen LogP contribution < -0.4 is 5.73 Å². The van der Waals surface area contributed by atoms with Gasteiger partial charge >= 0.3 is 0 Å². The number of hydrogen-bond acceptors (Lipinski definition) is 5. The van der Waals surface area contributed by atoms with E-state index in [1.54, 1.807) is 0 Å². The SMILES string of the molecule is CC(c1ccccc1)N(Cc1noc(CN)n1)CC1CCC1. The van der Waals surface area contributed by atoms with E-state index < -0.39 is 0 Å². The normalized spacial score (nSPS) is 16.7. The Labute approximate surface area is 131 Å². The molecule has 0 spiro atoms. The van der Waals surface area contributed by atoms with Crippen LogP contribution in [0.2, 0.25) is 0 Å². The molecule has 3 rings (SSSR count). The van der Waals surface area contributed by atoms with Gasteiger partial charge in [-0.15, -0.1) is 0 Å². The molecule has 0 saturated heterocycles. The van der Waals surface area contributed by atoms with Crippen LogP contribution in [0.1, 0.15) is 49.5 Å². The summed E-state index contributed by atoms with van der Waals surface area (Å²) in [5.74, 6) is 2.03. The summed E-state index contributed by atoms with van der Waals surface area (Å²) >= 11 is 0. The Morgan fingerprint density at radius 3 is 2.68 bits per heavy atom. The molecule has 1 aromatic carbocycles. The molecule has 0 bridgehead atoms. The quantitative estimate of drug-likeness (QED) is 0.851. The fourth-order valence-electron chi connectivity index (χ4n) is 2.93. The van der Waals surface area contributed by atoms with Gasteiger partial charge in [-0.3, -0.25) is 4.90 Å².